The molecule has 0 aliphatic rings. The normalized spacial score (nSPS) is 14.1. The number of aryl methyl sites for hydroxylation is 3. The maximum Gasteiger partial charge on any atom is 0.131 e. The van der Waals surface area contributed by atoms with Crippen molar-refractivity contribution in [3.8, 4) is 5.75 Å². The first kappa shape index (κ1) is 17.0. The van der Waals surface area contributed by atoms with Gasteiger partial charge < -0.3 is 9.47 Å². The van der Waals surface area contributed by atoms with Gasteiger partial charge in [0.05, 0.1) is 6.10 Å². The lowest BCUT2D eigenvalue weighted by Crippen LogP contribution is -2.31. The van der Waals surface area contributed by atoms with Crippen LogP contribution in [0.4, 0.5) is 0 Å². The smallest absolute Gasteiger partial charge is 0.131 e. The van der Waals surface area contributed by atoms with Crippen molar-refractivity contribution >= 4 is 0 Å². The summed E-state index contributed by atoms with van der Waals surface area (Å²) in [6, 6.07) is 6.77. The minimum Gasteiger partial charge on any atom is -0.487 e. The standard InChI is InChI=1S/C18H28O2/c1-7-10-19-15(6)17(9-3)20-18-12-14(5)13(4)11-16(18)8-2/h15,17H,7-10H2,1-6H3. The number of rotatable bonds is 8. The molecule has 2 radical (unpaired) electrons. The van der Waals surface area contributed by atoms with Crippen LogP contribution in [0, 0.1) is 26.0 Å². The van der Waals surface area contributed by atoms with E-state index in [-0.39, 0.29) is 12.2 Å². The van der Waals surface area contributed by atoms with E-state index < -0.39 is 0 Å². The molecule has 0 fully saturated rings. The molecule has 0 aliphatic heterocycles. The zero-order chi connectivity index (χ0) is 15.1. The van der Waals surface area contributed by atoms with Gasteiger partial charge >= 0.3 is 0 Å². The van der Waals surface area contributed by atoms with E-state index in [1.54, 1.807) is 0 Å². The van der Waals surface area contributed by atoms with E-state index in [1.807, 2.05) is 0 Å². The Morgan fingerprint density at radius 3 is 2.25 bits per heavy atom. The summed E-state index contributed by atoms with van der Waals surface area (Å²) >= 11 is 0. The van der Waals surface area contributed by atoms with Gasteiger partial charge in [-0.05, 0) is 57.2 Å². The maximum absolute atomic E-state index is 6.17. The molecule has 0 aliphatic carbocycles. The Kier molecular flexibility index (Phi) is 7.08. The first-order valence-electron chi connectivity index (χ1n) is 7.76. The van der Waals surface area contributed by atoms with Crippen LogP contribution in [0.1, 0.15) is 57.2 Å². The molecular formula is C18H28O2. The topological polar surface area (TPSA) is 18.5 Å². The molecule has 0 bridgehead atoms. The van der Waals surface area contributed by atoms with Crippen LogP contribution in [-0.4, -0.2) is 18.8 Å². The van der Waals surface area contributed by atoms with Crippen LogP contribution in [0.2, 0.25) is 0 Å². The number of hydrogen-bond donors (Lipinski definition) is 0. The summed E-state index contributed by atoms with van der Waals surface area (Å²) in [5, 5.41) is 0. The van der Waals surface area contributed by atoms with Gasteiger partial charge in [0.25, 0.3) is 0 Å². The van der Waals surface area contributed by atoms with Crippen LogP contribution in [0.3, 0.4) is 0 Å². The molecule has 2 unspecified atom stereocenters. The maximum atomic E-state index is 6.17. The Morgan fingerprint density at radius 1 is 1.05 bits per heavy atom. The van der Waals surface area contributed by atoms with Gasteiger partial charge in [-0.25, -0.2) is 0 Å². The quantitative estimate of drug-likeness (QED) is 0.699. The van der Waals surface area contributed by atoms with Crippen LogP contribution < -0.4 is 4.74 Å². The number of ether oxygens (including phenoxy) is 2. The Bertz CT molecular complexity index is 412. The third kappa shape index (κ3) is 4.52. The molecule has 0 spiro atoms. The molecule has 0 heterocycles. The first-order chi connectivity index (χ1) is 9.53. The Labute approximate surface area is 124 Å². The Balaban J connectivity index is 2.86. The molecule has 0 N–H and O–H groups in total. The molecule has 1 rings (SSSR count). The largest absolute Gasteiger partial charge is 0.487 e. The van der Waals surface area contributed by atoms with Gasteiger partial charge in [0.1, 0.15) is 11.9 Å². The summed E-state index contributed by atoms with van der Waals surface area (Å²) in [6.07, 6.45) is 3.03. The average molecular weight is 276 g/mol. The minimum atomic E-state index is 0.0682. The molecule has 112 valence electrons. The molecule has 2 heteroatoms. The lowest BCUT2D eigenvalue weighted by molar-refractivity contribution is -0.0162. The van der Waals surface area contributed by atoms with Gasteiger partial charge in [-0.15, -0.1) is 0 Å². The monoisotopic (exact) mass is 276 g/mol. The fourth-order valence-corrected chi connectivity index (χ4v) is 2.14. The van der Waals surface area contributed by atoms with Gasteiger partial charge in [0.2, 0.25) is 0 Å². The highest BCUT2D eigenvalue weighted by molar-refractivity contribution is 5.39. The van der Waals surface area contributed by atoms with Crippen molar-refractivity contribution in [3.05, 3.63) is 28.8 Å². The molecule has 0 amide bonds. The molecule has 1 aromatic rings. The van der Waals surface area contributed by atoms with Crippen molar-refractivity contribution in [2.75, 3.05) is 6.61 Å². The van der Waals surface area contributed by atoms with Gasteiger partial charge in [-0.2, -0.15) is 0 Å². The van der Waals surface area contributed by atoms with E-state index in [2.05, 4.69) is 53.7 Å². The predicted octanol–water partition coefficient (Wildman–Crippen LogP) is 4.44. The van der Waals surface area contributed by atoms with Crippen molar-refractivity contribution in [1.29, 1.82) is 0 Å². The number of benzene rings is 1. The van der Waals surface area contributed by atoms with Crippen molar-refractivity contribution in [3.63, 3.8) is 0 Å². The summed E-state index contributed by atoms with van der Waals surface area (Å²) in [4.78, 5) is 0. The molecule has 0 saturated carbocycles. The van der Waals surface area contributed by atoms with Crippen LogP contribution in [0.15, 0.2) is 0 Å². The van der Waals surface area contributed by atoms with E-state index in [9.17, 15) is 0 Å². The first-order valence-corrected chi connectivity index (χ1v) is 7.76. The molecule has 2 nitrogen and oxygen atoms in total. The van der Waals surface area contributed by atoms with Crippen molar-refractivity contribution < 1.29 is 9.47 Å². The van der Waals surface area contributed by atoms with Crippen molar-refractivity contribution in [2.45, 2.75) is 73.0 Å². The third-order valence-electron chi connectivity index (χ3n) is 3.61. The van der Waals surface area contributed by atoms with E-state index in [4.69, 9.17) is 9.47 Å². The highest BCUT2D eigenvalue weighted by Crippen LogP contribution is 2.25. The van der Waals surface area contributed by atoms with E-state index in [1.165, 1.54) is 0 Å². The van der Waals surface area contributed by atoms with Crippen molar-refractivity contribution in [1.82, 2.24) is 0 Å². The predicted molar refractivity (Wildman–Crippen MR) is 83.4 cm³/mol. The Hall–Kier alpha value is -1.02. The third-order valence-corrected chi connectivity index (χ3v) is 3.61. The molecule has 0 saturated heterocycles. The number of hydrogen-bond acceptors (Lipinski definition) is 2. The van der Waals surface area contributed by atoms with Gasteiger partial charge in [-0.3, -0.25) is 0 Å². The molecule has 20 heavy (non-hydrogen) atoms. The SMILES string of the molecule is CCCOC(C)C(CC)Oc1[c]c(C)c(C)[c]c1CC. The van der Waals surface area contributed by atoms with Gasteiger partial charge in [-0.1, -0.05) is 20.8 Å². The molecular weight excluding hydrogens is 248 g/mol. The Morgan fingerprint density at radius 2 is 1.70 bits per heavy atom. The van der Waals surface area contributed by atoms with Gasteiger partial charge in [0.15, 0.2) is 0 Å². The van der Waals surface area contributed by atoms with E-state index in [0.717, 1.165) is 48.3 Å². The second kappa shape index (κ2) is 8.31. The summed E-state index contributed by atoms with van der Waals surface area (Å²) in [5.74, 6) is 0.842. The van der Waals surface area contributed by atoms with Crippen molar-refractivity contribution in [2.24, 2.45) is 0 Å². The zero-order valence-corrected chi connectivity index (χ0v) is 13.8. The zero-order valence-electron chi connectivity index (χ0n) is 13.8. The highest BCUT2D eigenvalue weighted by Gasteiger charge is 2.19. The second-order valence-corrected chi connectivity index (χ2v) is 5.30. The van der Waals surface area contributed by atoms with Crippen LogP contribution in [-0.2, 0) is 11.2 Å². The lowest BCUT2D eigenvalue weighted by atomic mass is 10.0. The molecule has 0 aromatic heterocycles. The molecule has 1 aromatic carbocycles. The summed E-state index contributed by atoms with van der Waals surface area (Å²) in [6.45, 7) is 13.4. The second-order valence-electron chi connectivity index (χ2n) is 5.30. The summed E-state index contributed by atoms with van der Waals surface area (Å²) in [7, 11) is 0. The summed E-state index contributed by atoms with van der Waals surface area (Å²) < 4.78 is 12.0. The van der Waals surface area contributed by atoms with Crippen LogP contribution in [0.25, 0.3) is 0 Å². The van der Waals surface area contributed by atoms with Crippen LogP contribution in [0.5, 0.6) is 5.75 Å². The average Bonchev–Trinajstić information content (AvgIpc) is 2.45. The summed E-state index contributed by atoms with van der Waals surface area (Å²) in [5.41, 5.74) is 3.36. The van der Waals surface area contributed by atoms with Gasteiger partial charge in [0, 0.05) is 18.2 Å². The fraction of sp³-hybridized carbons (Fsp3) is 0.667. The highest BCUT2D eigenvalue weighted by atomic mass is 16.5. The lowest BCUT2D eigenvalue weighted by Gasteiger charge is -2.25. The van der Waals surface area contributed by atoms with E-state index >= 15 is 0 Å². The minimum absolute atomic E-state index is 0.0682. The van der Waals surface area contributed by atoms with Crippen LogP contribution >= 0.6 is 0 Å². The molecule has 2 atom stereocenters. The van der Waals surface area contributed by atoms with E-state index in [0.29, 0.717) is 0 Å². The fourth-order valence-electron chi connectivity index (χ4n) is 2.14.